The van der Waals surface area contributed by atoms with Crippen molar-refractivity contribution < 1.29 is 19.1 Å². The van der Waals surface area contributed by atoms with E-state index in [1.807, 2.05) is 0 Å². The number of unbranched alkanes of at least 4 members (excludes halogenated alkanes) is 11. The molecule has 0 spiro atoms. The van der Waals surface area contributed by atoms with Crippen LogP contribution in [-0.4, -0.2) is 26.2 Å². The molecule has 0 heterocycles. The number of ether oxygens (including phenoxy) is 2. The lowest BCUT2D eigenvalue weighted by Gasteiger charge is -2.11. The molecule has 0 rings (SSSR count). The van der Waals surface area contributed by atoms with Crippen LogP contribution < -0.4 is 0 Å². The van der Waals surface area contributed by atoms with Crippen LogP contribution in [0, 0.1) is 5.92 Å². The smallest absolute Gasteiger partial charge is 0.308 e. The van der Waals surface area contributed by atoms with Gasteiger partial charge in [-0.3, -0.25) is 9.59 Å². The van der Waals surface area contributed by atoms with Crippen LogP contribution in [0.1, 0.15) is 103 Å². The molecule has 0 fully saturated rings. The van der Waals surface area contributed by atoms with Gasteiger partial charge in [-0.2, -0.15) is 0 Å². The van der Waals surface area contributed by atoms with Gasteiger partial charge in [0.05, 0.1) is 20.1 Å². The summed E-state index contributed by atoms with van der Waals surface area (Å²) in [7, 11) is 2.93. The molecule has 0 amide bonds. The van der Waals surface area contributed by atoms with Crippen molar-refractivity contribution in [2.24, 2.45) is 5.92 Å². The zero-order valence-electron chi connectivity index (χ0n) is 16.8. The minimum Gasteiger partial charge on any atom is -0.469 e. The van der Waals surface area contributed by atoms with Crippen LogP contribution >= 0.6 is 0 Å². The third kappa shape index (κ3) is 14.9. The third-order valence-electron chi connectivity index (χ3n) is 4.94. The van der Waals surface area contributed by atoms with E-state index >= 15 is 0 Å². The molecule has 0 saturated heterocycles. The van der Waals surface area contributed by atoms with Crippen LogP contribution in [0.2, 0.25) is 0 Å². The van der Waals surface area contributed by atoms with Gasteiger partial charge >= 0.3 is 11.9 Å². The molecule has 0 radical (unpaired) electrons. The molecule has 4 heteroatoms. The molecule has 0 aliphatic rings. The van der Waals surface area contributed by atoms with Gasteiger partial charge in [0.25, 0.3) is 0 Å². The van der Waals surface area contributed by atoms with Gasteiger partial charge < -0.3 is 9.47 Å². The van der Waals surface area contributed by atoms with Crippen molar-refractivity contribution in [1.82, 2.24) is 0 Å². The maximum atomic E-state index is 11.5. The molecular weight excluding hydrogens is 316 g/mol. The van der Waals surface area contributed by atoms with Crippen molar-refractivity contribution in [3.63, 3.8) is 0 Å². The van der Waals surface area contributed by atoms with Crippen molar-refractivity contribution in [2.75, 3.05) is 14.2 Å². The second-order valence-electron chi connectivity index (χ2n) is 6.99. The van der Waals surface area contributed by atoms with E-state index in [1.54, 1.807) is 0 Å². The summed E-state index contributed by atoms with van der Waals surface area (Å²) in [4.78, 5) is 22.5. The third-order valence-corrected chi connectivity index (χ3v) is 4.94. The van der Waals surface area contributed by atoms with Gasteiger partial charge in [-0.05, 0) is 19.3 Å². The minimum atomic E-state index is -0.0875. The number of hydrogen-bond donors (Lipinski definition) is 0. The molecule has 0 aromatic heterocycles. The predicted octanol–water partition coefficient (Wildman–Crippen LogP) is 5.82. The Kier molecular flexibility index (Phi) is 17.0. The Balaban J connectivity index is 3.24. The van der Waals surface area contributed by atoms with Crippen LogP contribution in [-0.2, 0) is 19.1 Å². The summed E-state index contributed by atoms with van der Waals surface area (Å²) in [6, 6.07) is 0. The fourth-order valence-electron chi connectivity index (χ4n) is 3.19. The van der Waals surface area contributed by atoms with Crippen LogP contribution in [0.15, 0.2) is 0 Å². The van der Waals surface area contributed by atoms with E-state index in [-0.39, 0.29) is 17.9 Å². The van der Waals surface area contributed by atoms with Gasteiger partial charge in [-0.1, -0.05) is 77.6 Å². The molecule has 0 bridgehead atoms. The molecule has 25 heavy (non-hydrogen) atoms. The number of hydrogen-bond acceptors (Lipinski definition) is 4. The molecule has 0 aromatic carbocycles. The quantitative estimate of drug-likeness (QED) is 0.243. The van der Waals surface area contributed by atoms with E-state index < -0.39 is 0 Å². The van der Waals surface area contributed by atoms with Crippen LogP contribution in [0.25, 0.3) is 0 Å². The summed E-state index contributed by atoms with van der Waals surface area (Å²) in [6.45, 7) is 2.06. The zero-order valence-corrected chi connectivity index (χ0v) is 16.8. The van der Waals surface area contributed by atoms with E-state index in [9.17, 15) is 9.59 Å². The normalized spacial score (nSPS) is 12.0. The molecule has 4 nitrogen and oxygen atoms in total. The molecule has 1 atom stereocenters. The zero-order chi connectivity index (χ0) is 18.8. The second-order valence-corrected chi connectivity index (χ2v) is 6.99. The number of esters is 2. The maximum Gasteiger partial charge on any atom is 0.308 e. The molecule has 0 aromatic rings. The summed E-state index contributed by atoms with van der Waals surface area (Å²) < 4.78 is 9.45. The lowest BCUT2D eigenvalue weighted by molar-refractivity contribution is -0.146. The largest absolute Gasteiger partial charge is 0.469 e. The lowest BCUT2D eigenvalue weighted by Crippen LogP contribution is -2.15. The number of carbonyl (C=O) groups excluding carboxylic acids is 2. The SMILES string of the molecule is CCC(CCCCCCCCCCCCCCC(=O)OC)C(=O)OC. The highest BCUT2D eigenvalue weighted by molar-refractivity contribution is 5.72. The van der Waals surface area contributed by atoms with Crippen molar-refractivity contribution in [3.05, 3.63) is 0 Å². The van der Waals surface area contributed by atoms with E-state index in [1.165, 1.54) is 72.0 Å². The standard InChI is InChI=1S/C21H40O4/c1-4-19(21(23)25-3)17-15-13-11-9-7-5-6-8-10-12-14-16-18-20(22)24-2/h19H,4-18H2,1-3H3. The van der Waals surface area contributed by atoms with E-state index in [4.69, 9.17) is 4.74 Å². The lowest BCUT2D eigenvalue weighted by atomic mass is 9.98. The topological polar surface area (TPSA) is 52.6 Å². The molecular formula is C21H40O4. The molecule has 0 aliphatic heterocycles. The Morgan fingerprint density at radius 1 is 0.680 bits per heavy atom. The Morgan fingerprint density at radius 2 is 1.12 bits per heavy atom. The van der Waals surface area contributed by atoms with E-state index in [0.717, 1.165) is 32.1 Å². The summed E-state index contributed by atoms with van der Waals surface area (Å²) in [5.41, 5.74) is 0. The van der Waals surface area contributed by atoms with Gasteiger partial charge in [0, 0.05) is 6.42 Å². The highest BCUT2D eigenvalue weighted by atomic mass is 16.5. The summed E-state index contributed by atoms with van der Waals surface area (Å²) >= 11 is 0. The molecule has 0 saturated carbocycles. The van der Waals surface area contributed by atoms with Gasteiger partial charge in [0.1, 0.15) is 0 Å². The Bertz CT molecular complexity index is 328. The van der Waals surface area contributed by atoms with Crippen molar-refractivity contribution >= 4 is 11.9 Å². The Morgan fingerprint density at radius 3 is 1.52 bits per heavy atom. The maximum absolute atomic E-state index is 11.5. The average Bonchev–Trinajstić information content (AvgIpc) is 2.64. The first-order chi connectivity index (χ1) is 12.2. The fraction of sp³-hybridized carbons (Fsp3) is 0.905. The Labute approximate surface area is 155 Å². The van der Waals surface area contributed by atoms with Gasteiger partial charge in [-0.25, -0.2) is 0 Å². The fourth-order valence-corrected chi connectivity index (χ4v) is 3.19. The van der Waals surface area contributed by atoms with Crippen molar-refractivity contribution in [2.45, 2.75) is 103 Å². The average molecular weight is 357 g/mol. The van der Waals surface area contributed by atoms with Gasteiger partial charge in [-0.15, -0.1) is 0 Å². The van der Waals surface area contributed by atoms with Crippen LogP contribution in [0.3, 0.4) is 0 Å². The Hall–Kier alpha value is -1.06. The molecule has 1 unspecified atom stereocenters. The summed E-state index contributed by atoms with van der Waals surface area (Å²) in [5, 5.41) is 0. The van der Waals surface area contributed by atoms with Gasteiger partial charge in [0.15, 0.2) is 0 Å². The molecule has 0 N–H and O–H groups in total. The van der Waals surface area contributed by atoms with E-state index in [2.05, 4.69) is 11.7 Å². The van der Waals surface area contributed by atoms with Gasteiger partial charge in [0.2, 0.25) is 0 Å². The predicted molar refractivity (Wildman–Crippen MR) is 102 cm³/mol. The summed E-state index contributed by atoms with van der Waals surface area (Å²) in [6.07, 6.45) is 17.3. The first kappa shape index (κ1) is 23.9. The van der Waals surface area contributed by atoms with Crippen LogP contribution in [0.5, 0.6) is 0 Å². The van der Waals surface area contributed by atoms with E-state index in [0.29, 0.717) is 6.42 Å². The molecule has 148 valence electrons. The number of methoxy groups -OCH3 is 2. The second kappa shape index (κ2) is 17.8. The number of rotatable bonds is 17. The minimum absolute atomic E-state index is 0.0483. The van der Waals surface area contributed by atoms with Crippen molar-refractivity contribution in [1.29, 1.82) is 0 Å². The monoisotopic (exact) mass is 356 g/mol. The first-order valence-electron chi connectivity index (χ1n) is 10.3. The highest BCUT2D eigenvalue weighted by Gasteiger charge is 2.15. The highest BCUT2D eigenvalue weighted by Crippen LogP contribution is 2.17. The molecule has 0 aliphatic carbocycles. The summed E-state index contributed by atoms with van der Waals surface area (Å²) in [5.74, 6) is -0.0408. The van der Waals surface area contributed by atoms with Crippen LogP contribution in [0.4, 0.5) is 0 Å². The first-order valence-corrected chi connectivity index (χ1v) is 10.3. The van der Waals surface area contributed by atoms with Crippen molar-refractivity contribution in [3.8, 4) is 0 Å². The number of carbonyl (C=O) groups is 2.